The van der Waals surface area contributed by atoms with E-state index in [1.807, 2.05) is 0 Å². The lowest BCUT2D eigenvalue weighted by Gasteiger charge is -2.28. The molecule has 222 valence electrons. The fourth-order valence-corrected chi connectivity index (χ4v) is 5.17. The smallest absolute Gasteiger partial charge is 0.387 e. The van der Waals surface area contributed by atoms with Crippen molar-refractivity contribution in [3.8, 4) is 11.5 Å². The predicted octanol–water partition coefficient (Wildman–Crippen LogP) is 3.76. The zero-order valence-electron chi connectivity index (χ0n) is 22.6. The minimum absolute atomic E-state index is 0.0176. The Bertz CT molecular complexity index is 1530. The van der Waals surface area contributed by atoms with Crippen molar-refractivity contribution >= 4 is 17.5 Å². The van der Waals surface area contributed by atoms with Gasteiger partial charge in [0.2, 0.25) is 5.91 Å². The van der Waals surface area contributed by atoms with E-state index in [2.05, 4.69) is 10.1 Å². The quantitative estimate of drug-likeness (QED) is 0.382. The summed E-state index contributed by atoms with van der Waals surface area (Å²) >= 11 is 0. The third-order valence-electron chi connectivity index (χ3n) is 7.41. The number of hydrogen-bond acceptors (Lipinski definition) is 6. The van der Waals surface area contributed by atoms with Gasteiger partial charge in [-0.3, -0.25) is 14.4 Å². The van der Waals surface area contributed by atoms with Crippen LogP contribution in [0.5, 0.6) is 11.5 Å². The minimum Gasteiger partial charge on any atom is -0.497 e. The summed E-state index contributed by atoms with van der Waals surface area (Å²) in [6, 6.07) is 6.80. The van der Waals surface area contributed by atoms with Crippen LogP contribution in [0.25, 0.3) is 0 Å². The Labute approximate surface area is 237 Å². The number of methoxy groups -OCH3 is 1. The molecule has 3 heterocycles. The maximum Gasteiger partial charge on any atom is 0.387 e. The molecular weight excluding hydrogens is 562 g/mol. The standard InChI is InChI=1S/C29H27F4N3O6/c1-15-7-9-35(13-18-8-10-41-18)28(39)25(15)36-14-20(23-21(30)11-19(40-2)12-22(23)31)24(27(36)38)34-26(37)16-3-5-17(6-4-16)42-29(32)33/h3-7,9,11-12,18,20,24,29H,8,10,13-14H2,1-2H3,(H,34,37)/t18?,20-,24-/m0/s1. The van der Waals surface area contributed by atoms with Crippen molar-refractivity contribution < 1.29 is 41.4 Å². The van der Waals surface area contributed by atoms with Crippen molar-refractivity contribution in [2.45, 2.75) is 44.6 Å². The molecule has 5 rings (SSSR count). The minimum atomic E-state index is -3.06. The van der Waals surface area contributed by atoms with Crippen LogP contribution >= 0.6 is 0 Å². The van der Waals surface area contributed by atoms with Crippen LogP contribution in [0.3, 0.4) is 0 Å². The van der Waals surface area contributed by atoms with E-state index in [9.17, 15) is 23.2 Å². The lowest BCUT2D eigenvalue weighted by Crippen LogP contribution is -2.45. The SMILES string of the molecule is COc1cc(F)c([C@@H]2CN(c3c(C)ccn(CC4CCO4)c3=O)C(=O)[C@H]2NC(=O)c2ccc(OC(F)F)cc2)c(F)c1. The Morgan fingerprint density at radius 2 is 1.76 bits per heavy atom. The van der Waals surface area contributed by atoms with Gasteiger partial charge in [0, 0.05) is 48.5 Å². The number of ether oxygens (including phenoxy) is 3. The first-order valence-corrected chi connectivity index (χ1v) is 13.1. The topological polar surface area (TPSA) is 99.1 Å². The van der Waals surface area contributed by atoms with Crippen molar-refractivity contribution in [2.75, 3.05) is 25.2 Å². The summed E-state index contributed by atoms with van der Waals surface area (Å²) in [6.45, 7) is -0.885. The fraction of sp³-hybridized carbons (Fsp3) is 0.345. The number of aryl methyl sites for hydroxylation is 1. The number of carbonyl (C=O) groups excluding carboxylic acids is 2. The molecule has 2 fully saturated rings. The largest absolute Gasteiger partial charge is 0.497 e. The Morgan fingerprint density at radius 3 is 2.33 bits per heavy atom. The number of hydrogen-bond donors (Lipinski definition) is 1. The molecule has 3 aromatic rings. The molecule has 0 bridgehead atoms. The van der Waals surface area contributed by atoms with E-state index < -0.39 is 53.1 Å². The van der Waals surface area contributed by atoms with E-state index in [1.54, 1.807) is 19.2 Å². The van der Waals surface area contributed by atoms with Crippen LogP contribution in [0, 0.1) is 18.6 Å². The monoisotopic (exact) mass is 589 g/mol. The molecule has 2 aromatic carbocycles. The normalized spacial score (nSPS) is 20.0. The lowest BCUT2D eigenvalue weighted by atomic mass is 9.92. The van der Waals surface area contributed by atoms with Crippen molar-refractivity contribution in [1.29, 1.82) is 0 Å². The zero-order chi connectivity index (χ0) is 30.1. The average Bonchev–Trinajstić information content (AvgIpc) is 3.21. The molecule has 1 N–H and O–H groups in total. The van der Waals surface area contributed by atoms with E-state index >= 15 is 8.78 Å². The highest BCUT2D eigenvalue weighted by Crippen LogP contribution is 2.36. The number of anilines is 1. The Balaban J connectivity index is 1.51. The summed E-state index contributed by atoms with van der Waals surface area (Å²) in [7, 11) is 1.24. The Kier molecular flexibility index (Phi) is 8.21. The fourth-order valence-electron chi connectivity index (χ4n) is 5.17. The van der Waals surface area contributed by atoms with Gasteiger partial charge < -0.3 is 29.0 Å². The van der Waals surface area contributed by atoms with Gasteiger partial charge in [-0.05, 0) is 49.2 Å². The number of benzene rings is 2. The second kappa shape index (κ2) is 11.8. The molecule has 0 radical (unpaired) electrons. The number of amides is 2. The van der Waals surface area contributed by atoms with Gasteiger partial charge in [-0.25, -0.2) is 8.78 Å². The third-order valence-corrected chi connectivity index (χ3v) is 7.41. The summed E-state index contributed by atoms with van der Waals surface area (Å²) in [5.74, 6) is -5.06. The molecule has 2 aliphatic rings. The molecule has 2 aliphatic heterocycles. The molecule has 13 heteroatoms. The van der Waals surface area contributed by atoms with Gasteiger partial charge >= 0.3 is 6.61 Å². The van der Waals surface area contributed by atoms with Crippen LogP contribution in [0.1, 0.15) is 33.8 Å². The van der Waals surface area contributed by atoms with E-state index in [0.29, 0.717) is 12.2 Å². The summed E-state index contributed by atoms with van der Waals surface area (Å²) < 4.78 is 71.7. The van der Waals surface area contributed by atoms with Gasteiger partial charge in [-0.15, -0.1) is 0 Å². The van der Waals surface area contributed by atoms with Crippen LogP contribution in [0.15, 0.2) is 53.5 Å². The number of aromatic nitrogens is 1. The van der Waals surface area contributed by atoms with Crippen molar-refractivity contribution in [1.82, 2.24) is 9.88 Å². The maximum absolute atomic E-state index is 15.3. The van der Waals surface area contributed by atoms with Crippen LogP contribution in [-0.2, 0) is 16.1 Å². The average molecular weight is 590 g/mol. The third kappa shape index (κ3) is 5.69. The summed E-state index contributed by atoms with van der Waals surface area (Å²) in [5.41, 5.74) is -0.498. The van der Waals surface area contributed by atoms with Gasteiger partial charge in [0.1, 0.15) is 34.9 Å². The second-order valence-corrected chi connectivity index (χ2v) is 10.0. The molecule has 0 spiro atoms. The predicted molar refractivity (Wildman–Crippen MR) is 142 cm³/mol. The van der Waals surface area contributed by atoms with E-state index in [0.717, 1.165) is 35.6 Å². The first-order chi connectivity index (χ1) is 20.1. The number of halogens is 4. The van der Waals surface area contributed by atoms with Gasteiger partial charge in [-0.1, -0.05) is 0 Å². The molecule has 1 unspecified atom stereocenters. The number of carbonyl (C=O) groups is 2. The van der Waals surface area contributed by atoms with Gasteiger partial charge in [0.15, 0.2) is 0 Å². The van der Waals surface area contributed by atoms with E-state index in [1.165, 1.54) is 23.8 Å². The summed E-state index contributed by atoms with van der Waals surface area (Å²) in [4.78, 5) is 41.7. The van der Waals surface area contributed by atoms with Gasteiger partial charge in [-0.2, -0.15) is 8.78 Å². The number of alkyl halides is 2. The molecule has 2 amide bonds. The molecule has 3 atom stereocenters. The zero-order valence-corrected chi connectivity index (χ0v) is 22.6. The molecule has 9 nitrogen and oxygen atoms in total. The highest BCUT2D eigenvalue weighted by atomic mass is 19.3. The number of nitrogens with zero attached hydrogens (tertiary/aromatic N) is 2. The maximum atomic E-state index is 15.3. The molecule has 2 saturated heterocycles. The summed E-state index contributed by atoms with van der Waals surface area (Å²) in [5, 5.41) is 2.53. The summed E-state index contributed by atoms with van der Waals surface area (Å²) in [6.07, 6.45) is 2.22. The van der Waals surface area contributed by atoms with Gasteiger partial charge in [0.05, 0.1) is 19.8 Å². The highest BCUT2D eigenvalue weighted by Gasteiger charge is 2.46. The van der Waals surface area contributed by atoms with E-state index in [-0.39, 0.29) is 41.9 Å². The van der Waals surface area contributed by atoms with Crippen molar-refractivity contribution in [3.05, 3.63) is 87.3 Å². The Morgan fingerprint density at radius 1 is 1.10 bits per heavy atom. The first-order valence-electron chi connectivity index (χ1n) is 13.1. The van der Waals surface area contributed by atoms with Crippen molar-refractivity contribution in [3.63, 3.8) is 0 Å². The van der Waals surface area contributed by atoms with Crippen LogP contribution in [0.4, 0.5) is 23.2 Å². The Hall–Kier alpha value is -4.39. The number of rotatable bonds is 9. The van der Waals surface area contributed by atoms with E-state index in [4.69, 9.17) is 9.47 Å². The number of nitrogens with one attached hydrogen (secondary N) is 1. The first kappa shape index (κ1) is 29.1. The van der Waals surface area contributed by atoms with Crippen LogP contribution in [0.2, 0.25) is 0 Å². The van der Waals surface area contributed by atoms with Crippen LogP contribution in [-0.4, -0.2) is 55.4 Å². The lowest BCUT2D eigenvalue weighted by molar-refractivity contribution is -0.118. The second-order valence-electron chi connectivity index (χ2n) is 10.0. The molecule has 0 aliphatic carbocycles. The molecule has 42 heavy (non-hydrogen) atoms. The van der Waals surface area contributed by atoms with Crippen LogP contribution < -0.4 is 25.2 Å². The van der Waals surface area contributed by atoms with Gasteiger partial charge in [0.25, 0.3) is 11.5 Å². The molecule has 0 saturated carbocycles. The highest BCUT2D eigenvalue weighted by molar-refractivity contribution is 6.05. The molecule has 1 aromatic heterocycles. The molecular formula is C29H27F4N3O6. The van der Waals surface area contributed by atoms with Crippen molar-refractivity contribution in [2.24, 2.45) is 0 Å². The number of pyridine rings is 1.